The molecular formula is C13H19NOS. The first-order valence-corrected chi connectivity index (χ1v) is 6.91. The molecule has 0 aliphatic carbocycles. The summed E-state index contributed by atoms with van der Waals surface area (Å²) < 4.78 is 5.37. The van der Waals surface area contributed by atoms with Crippen molar-refractivity contribution in [3.63, 3.8) is 0 Å². The van der Waals surface area contributed by atoms with E-state index in [-0.39, 0.29) is 0 Å². The van der Waals surface area contributed by atoms with Crippen molar-refractivity contribution in [2.24, 2.45) is 5.92 Å². The lowest BCUT2D eigenvalue weighted by atomic mass is 10.1. The zero-order valence-electron chi connectivity index (χ0n) is 9.95. The van der Waals surface area contributed by atoms with Crippen LogP contribution in [0.15, 0.2) is 18.2 Å². The van der Waals surface area contributed by atoms with E-state index >= 15 is 0 Å². The molecular weight excluding hydrogens is 218 g/mol. The lowest BCUT2D eigenvalue weighted by Crippen LogP contribution is -2.13. The summed E-state index contributed by atoms with van der Waals surface area (Å²) in [6.45, 7) is 3.15. The van der Waals surface area contributed by atoms with Gasteiger partial charge in [0.2, 0.25) is 0 Å². The van der Waals surface area contributed by atoms with Gasteiger partial charge in [-0.05, 0) is 48.5 Å². The van der Waals surface area contributed by atoms with E-state index in [1.807, 2.05) is 0 Å². The SMILES string of the molecule is COc1cc(C)ccc1NCC1CCSC1. The number of benzene rings is 1. The van der Waals surface area contributed by atoms with Gasteiger partial charge >= 0.3 is 0 Å². The molecule has 1 N–H and O–H groups in total. The van der Waals surface area contributed by atoms with Crippen molar-refractivity contribution in [3.05, 3.63) is 23.8 Å². The summed E-state index contributed by atoms with van der Waals surface area (Å²) in [7, 11) is 1.73. The highest BCUT2D eigenvalue weighted by atomic mass is 32.2. The molecule has 0 aromatic heterocycles. The van der Waals surface area contributed by atoms with Crippen LogP contribution in [0.3, 0.4) is 0 Å². The second-order valence-electron chi connectivity index (χ2n) is 4.31. The Morgan fingerprint density at radius 2 is 2.38 bits per heavy atom. The zero-order valence-corrected chi connectivity index (χ0v) is 10.8. The fourth-order valence-corrected chi connectivity index (χ4v) is 3.23. The molecule has 1 aliphatic rings. The van der Waals surface area contributed by atoms with Crippen molar-refractivity contribution in [3.8, 4) is 5.75 Å². The minimum atomic E-state index is 0.816. The van der Waals surface area contributed by atoms with Gasteiger partial charge in [-0.25, -0.2) is 0 Å². The van der Waals surface area contributed by atoms with Gasteiger partial charge in [-0.3, -0.25) is 0 Å². The normalized spacial score (nSPS) is 19.8. The number of ether oxygens (including phenoxy) is 1. The number of thioether (sulfide) groups is 1. The van der Waals surface area contributed by atoms with Crippen molar-refractivity contribution < 1.29 is 4.74 Å². The third-order valence-corrected chi connectivity index (χ3v) is 4.19. The fourth-order valence-electron chi connectivity index (χ4n) is 1.94. The highest BCUT2D eigenvalue weighted by molar-refractivity contribution is 7.99. The summed E-state index contributed by atoms with van der Waals surface area (Å²) in [5.74, 6) is 4.38. The lowest BCUT2D eigenvalue weighted by Gasteiger charge is -2.14. The van der Waals surface area contributed by atoms with E-state index in [9.17, 15) is 0 Å². The number of rotatable bonds is 4. The van der Waals surface area contributed by atoms with Gasteiger partial charge < -0.3 is 10.1 Å². The molecule has 16 heavy (non-hydrogen) atoms. The van der Waals surface area contributed by atoms with E-state index in [0.717, 1.165) is 23.9 Å². The quantitative estimate of drug-likeness (QED) is 0.869. The van der Waals surface area contributed by atoms with Crippen molar-refractivity contribution in [2.45, 2.75) is 13.3 Å². The average Bonchev–Trinajstić information content (AvgIpc) is 2.80. The molecule has 2 nitrogen and oxygen atoms in total. The zero-order chi connectivity index (χ0) is 11.4. The summed E-state index contributed by atoms with van der Waals surface area (Å²) >= 11 is 2.06. The molecule has 1 unspecified atom stereocenters. The van der Waals surface area contributed by atoms with E-state index in [4.69, 9.17) is 4.74 Å². The van der Waals surface area contributed by atoms with E-state index in [1.54, 1.807) is 7.11 Å². The van der Waals surface area contributed by atoms with Crippen molar-refractivity contribution in [2.75, 3.05) is 30.5 Å². The number of nitrogens with one attached hydrogen (secondary N) is 1. The van der Waals surface area contributed by atoms with Crippen LogP contribution in [0.4, 0.5) is 5.69 Å². The second kappa shape index (κ2) is 5.48. The number of anilines is 1. The summed E-state index contributed by atoms with van der Waals surface area (Å²) in [5, 5.41) is 3.50. The summed E-state index contributed by atoms with van der Waals surface area (Å²) in [6, 6.07) is 6.30. The molecule has 0 spiro atoms. The van der Waals surface area contributed by atoms with Crippen LogP contribution in [-0.4, -0.2) is 25.2 Å². The third kappa shape index (κ3) is 2.85. The maximum atomic E-state index is 5.37. The van der Waals surface area contributed by atoms with Crippen molar-refractivity contribution in [1.82, 2.24) is 0 Å². The van der Waals surface area contributed by atoms with E-state index < -0.39 is 0 Å². The highest BCUT2D eigenvalue weighted by Gasteiger charge is 2.15. The van der Waals surface area contributed by atoms with Crippen LogP contribution >= 0.6 is 11.8 Å². The molecule has 88 valence electrons. The van der Waals surface area contributed by atoms with Crippen LogP contribution in [0.25, 0.3) is 0 Å². The van der Waals surface area contributed by atoms with Gasteiger partial charge in [0.05, 0.1) is 12.8 Å². The molecule has 1 heterocycles. The minimum Gasteiger partial charge on any atom is -0.495 e. The van der Waals surface area contributed by atoms with Crippen LogP contribution in [0.1, 0.15) is 12.0 Å². The number of hydrogen-bond acceptors (Lipinski definition) is 3. The molecule has 1 fully saturated rings. The molecule has 0 amide bonds. The van der Waals surface area contributed by atoms with Gasteiger partial charge in [-0.2, -0.15) is 11.8 Å². The van der Waals surface area contributed by atoms with Crippen molar-refractivity contribution >= 4 is 17.4 Å². The Labute approximate surface area is 102 Å². The number of methoxy groups -OCH3 is 1. The van der Waals surface area contributed by atoms with Crippen molar-refractivity contribution in [1.29, 1.82) is 0 Å². The molecule has 1 aromatic carbocycles. The molecule has 0 saturated carbocycles. The lowest BCUT2D eigenvalue weighted by molar-refractivity contribution is 0.416. The second-order valence-corrected chi connectivity index (χ2v) is 5.46. The van der Waals surface area contributed by atoms with Crippen LogP contribution in [-0.2, 0) is 0 Å². The van der Waals surface area contributed by atoms with Gasteiger partial charge in [-0.15, -0.1) is 0 Å². The van der Waals surface area contributed by atoms with E-state index in [1.165, 1.54) is 23.5 Å². The molecule has 1 aromatic rings. The number of aryl methyl sites for hydroxylation is 1. The monoisotopic (exact) mass is 237 g/mol. The highest BCUT2D eigenvalue weighted by Crippen LogP contribution is 2.28. The molecule has 1 saturated heterocycles. The molecule has 1 aliphatic heterocycles. The smallest absolute Gasteiger partial charge is 0.142 e. The first kappa shape index (κ1) is 11.6. The van der Waals surface area contributed by atoms with Crippen LogP contribution < -0.4 is 10.1 Å². The summed E-state index contributed by atoms with van der Waals surface area (Å²) in [4.78, 5) is 0. The summed E-state index contributed by atoms with van der Waals surface area (Å²) in [6.07, 6.45) is 1.34. The first-order chi connectivity index (χ1) is 7.79. The Kier molecular flexibility index (Phi) is 3.99. The van der Waals surface area contributed by atoms with Crippen LogP contribution in [0.2, 0.25) is 0 Å². The molecule has 1 atom stereocenters. The number of hydrogen-bond donors (Lipinski definition) is 1. The Bertz CT molecular complexity index is 348. The molecule has 0 radical (unpaired) electrons. The van der Waals surface area contributed by atoms with Gasteiger partial charge in [0.25, 0.3) is 0 Å². The molecule has 0 bridgehead atoms. The average molecular weight is 237 g/mol. The Balaban J connectivity index is 1.97. The molecule has 3 heteroatoms. The van der Waals surface area contributed by atoms with Crippen LogP contribution in [0, 0.1) is 12.8 Å². The third-order valence-electron chi connectivity index (χ3n) is 2.96. The van der Waals surface area contributed by atoms with Gasteiger partial charge in [0, 0.05) is 6.54 Å². The van der Waals surface area contributed by atoms with E-state index in [0.29, 0.717) is 0 Å². The fraction of sp³-hybridized carbons (Fsp3) is 0.538. The van der Waals surface area contributed by atoms with Crippen LogP contribution in [0.5, 0.6) is 5.75 Å². The molecule has 2 rings (SSSR count). The Morgan fingerprint density at radius 3 is 3.06 bits per heavy atom. The van der Waals surface area contributed by atoms with Gasteiger partial charge in [-0.1, -0.05) is 6.07 Å². The Hall–Kier alpha value is -0.830. The topological polar surface area (TPSA) is 21.3 Å². The minimum absolute atomic E-state index is 0.816. The largest absolute Gasteiger partial charge is 0.495 e. The summed E-state index contributed by atoms with van der Waals surface area (Å²) in [5.41, 5.74) is 2.35. The standard InChI is InChI=1S/C13H19NOS/c1-10-3-4-12(13(7-10)15-2)14-8-11-5-6-16-9-11/h3-4,7,11,14H,5-6,8-9H2,1-2H3. The Morgan fingerprint density at radius 1 is 1.50 bits per heavy atom. The predicted octanol–water partition coefficient (Wildman–Crippen LogP) is 3.17. The van der Waals surface area contributed by atoms with E-state index in [2.05, 4.69) is 42.2 Å². The maximum Gasteiger partial charge on any atom is 0.142 e. The van der Waals surface area contributed by atoms with Gasteiger partial charge in [0.1, 0.15) is 5.75 Å². The predicted molar refractivity (Wildman–Crippen MR) is 71.7 cm³/mol. The maximum absolute atomic E-state index is 5.37. The van der Waals surface area contributed by atoms with Gasteiger partial charge in [0.15, 0.2) is 0 Å². The first-order valence-electron chi connectivity index (χ1n) is 5.76.